The first-order valence-corrected chi connectivity index (χ1v) is 34.5. The number of carbonyl (C=O) groups is 6. The van der Waals surface area contributed by atoms with Gasteiger partial charge in [-0.3, -0.25) is 28.8 Å². The number of phenols is 1. The normalized spacial score (nSPS) is 29.1. The molecule has 15 N–H and O–H groups in total. The number of ether oxygens (including phenoxy) is 2. The van der Waals surface area contributed by atoms with E-state index in [1.54, 1.807) is 18.3 Å². The topological polar surface area (TPSA) is 411 Å². The zero-order valence-electron chi connectivity index (χ0n) is 55.6. The van der Waals surface area contributed by atoms with E-state index in [-0.39, 0.29) is 91.8 Å². The summed E-state index contributed by atoms with van der Waals surface area (Å²) in [6.07, 6.45) is 0.205. The minimum atomic E-state index is -2.03. The van der Waals surface area contributed by atoms with Crippen LogP contribution >= 0.6 is 36.2 Å². The monoisotopic (exact) mass is 1420 g/mol. The van der Waals surface area contributed by atoms with Gasteiger partial charge in [0.15, 0.2) is 11.5 Å². The van der Waals surface area contributed by atoms with Gasteiger partial charge in [0.25, 0.3) is 0 Å². The molecule has 4 aliphatic heterocycles. The van der Waals surface area contributed by atoms with Gasteiger partial charge < -0.3 is 102 Å². The molecule has 6 aliphatic rings. The number of aromatic hydroxyl groups is 1. The van der Waals surface area contributed by atoms with Crippen LogP contribution in [-0.4, -0.2) is 259 Å². The summed E-state index contributed by atoms with van der Waals surface area (Å²) >= 11 is 1.57. The molecule has 2 saturated carbocycles. The van der Waals surface area contributed by atoms with Gasteiger partial charge in [-0.25, -0.2) is 0 Å². The lowest BCUT2D eigenvalue weighted by atomic mass is 9.72. The van der Waals surface area contributed by atoms with Crippen LogP contribution in [0, 0.1) is 17.8 Å². The molecule has 31 heteroatoms. The summed E-state index contributed by atoms with van der Waals surface area (Å²) in [6.45, 7) is 2.54. The third kappa shape index (κ3) is 19.3. The Morgan fingerprint density at radius 2 is 1.40 bits per heavy atom. The number of phenolic OH excluding ortho intramolecular Hbond substituents is 1. The van der Waals surface area contributed by atoms with Gasteiger partial charge >= 0.3 is 0 Å². The average Bonchev–Trinajstić information content (AvgIpc) is 1.78. The number of β-amino-alcohol motifs (C(OH)–C–C–N with tert-alkyl or cyclic N) is 1. The quantitative estimate of drug-likeness (QED) is 0.0693. The van der Waals surface area contributed by atoms with Crippen molar-refractivity contribution in [3.63, 3.8) is 0 Å². The van der Waals surface area contributed by atoms with Crippen LogP contribution in [0.2, 0.25) is 0 Å². The Labute approximate surface area is 582 Å². The molecular weight excluding hydrogens is 1320 g/mol. The van der Waals surface area contributed by atoms with Crippen molar-refractivity contribution in [2.24, 2.45) is 17.8 Å². The molecule has 28 nitrogen and oxygen atoms in total. The number of amides is 6. The first-order chi connectivity index (χ1) is 45.5. The van der Waals surface area contributed by atoms with Crippen LogP contribution in [0.3, 0.4) is 0 Å². The molecule has 0 unspecified atom stereocenters. The number of halogens is 2. The smallest absolute Gasteiger partial charge is 0.248 e. The second-order valence-corrected chi connectivity index (χ2v) is 28.1. The number of rotatable bonds is 20. The summed E-state index contributed by atoms with van der Waals surface area (Å²) in [4.78, 5) is 92.6. The number of piperidine rings is 1. The number of nitrogens with one attached hydrogen (secondary N) is 6. The number of anilines is 1. The fraction of sp³-hybridized carbons (Fsp3) is 0.697. The zero-order valence-corrected chi connectivity index (χ0v) is 58.0. The molecule has 4 saturated heterocycles. The van der Waals surface area contributed by atoms with Crippen LogP contribution in [0.5, 0.6) is 11.5 Å². The molecule has 2 aliphatic carbocycles. The van der Waals surface area contributed by atoms with Crippen LogP contribution in [0.1, 0.15) is 120 Å². The van der Waals surface area contributed by atoms with Gasteiger partial charge in [-0.05, 0) is 138 Å². The van der Waals surface area contributed by atoms with Crippen LogP contribution in [0.15, 0.2) is 42.5 Å². The van der Waals surface area contributed by atoms with Gasteiger partial charge in [-0.2, -0.15) is 0 Å². The van der Waals surface area contributed by atoms with E-state index in [4.69, 9.17) is 9.47 Å². The van der Waals surface area contributed by atoms with E-state index < -0.39 is 159 Å². The highest BCUT2D eigenvalue weighted by molar-refractivity contribution is 7.14. The minimum Gasteiger partial charge on any atom is -0.504 e. The predicted octanol–water partition coefficient (Wildman–Crippen LogP) is -0.256. The van der Waals surface area contributed by atoms with Crippen LogP contribution < -0.4 is 41.5 Å². The Balaban J connectivity index is 0.00000663. The van der Waals surface area contributed by atoms with Gasteiger partial charge in [0.2, 0.25) is 35.4 Å². The number of carbonyl (C=O) groups excluding carboxylic acids is 6. The summed E-state index contributed by atoms with van der Waals surface area (Å²) in [5.74, 6) is -6.43. The molecule has 5 heterocycles. The van der Waals surface area contributed by atoms with Crippen molar-refractivity contribution in [3.8, 4) is 22.1 Å². The molecule has 0 spiro atoms. The second-order valence-electron chi connectivity index (χ2n) is 27.0. The van der Waals surface area contributed by atoms with Crippen molar-refractivity contribution in [2.75, 3.05) is 78.1 Å². The first kappa shape index (κ1) is 78.7. The zero-order chi connectivity index (χ0) is 68.3. The molecule has 1 aromatic heterocycles. The van der Waals surface area contributed by atoms with Gasteiger partial charge in [-0.1, -0.05) is 43.6 Å². The summed E-state index contributed by atoms with van der Waals surface area (Å²) < 4.78 is 11.5. The molecular formula is C66H101Cl2N11O17S. The molecule has 3 aromatic rings. The van der Waals surface area contributed by atoms with Gasteiger partial charge in [0, 0.05) is 75.8 Å². The number of nitrogens with zero attached hydrogens (tertiary/aromatic N) is 5. The van der Waals surface area contributed by atoms with Crippen molar-refractivity contribution in [3.05, 3.63) is 53.0 Å². The highest BCUT2D eigenvalue weighted by Gasteiger charge is 2.50. The molecule has 2 aromatic carbocycles. The number of hydrogen-bond acceptors (Lipinski definition) is 23. The van der Waals surface area contributed by atoms with E-state index in [0.29, 0.717) is 5.92 Å². The predicted molar refractivity (Wildman–Crippen MR) is 363 cm³/mol. The number of aromatic nitrogens is 2. The molecule has 97 heavy (non-hydrogen) atoms. The summed E-state index contributed by atoms with van der Waals surface area (Å²) in [7, 11) is 3.17. The number of fused-ring (bicyclic) bond motifs is 2. The molecule has 13 atom stereocenters. The van der Waals surface area contributed by atoms with Crippen LogP contribution in [0.25, 0.3) is 10.6 Å². The van der Waals surface area contributed by atoms with E-state index in [9.17, 15) is 74.7 Å². The highest BCUT2D eigenvalue weighted by atomic mass is 35.5. The third-order valence-corrected chi connectivity index (χ3v) is 21.7. The molecule has 542 valence electrons. The lowest BCUT2D eigenvalue weighted by Crippen LogP contribution is -2.64. The lowest BCUT2D eigenvalue weighted by Gasteiger charge is -2.47. The van der Waals surface area contributed by atoms with Crippen molar-refractivity contribution in [1.29, 1.82) is 0 Å². The molecule has 0 bridgehead atoms. The van der Waals surface area contributed by atoms with Crippen molar-refractivity contribution in [2.45, 2.75) is 201 Å². The number of benzene rings is 2. The molecule has 6 amide bonds. The maximum Gasteiger partial charge on any atom is 0.248 e. The summed E-state index contributed by atoms with van der Waals surface area (Å²) in [6, 6.07) is 1.45. The average molecular weight is 1420 g/mol. The van der Waals surface area contributed by atoms with E-state index >= 15 is 0 Å². The van der Waals surface area contributed by atoms with E-state index in [0.717, 1.165) is 77.0 Å². The standard InChI is InChI=1S/C66H99N11O17S.2ClH/c1-36-32-77-56(57(36)86)61(90)69-31-45(81)28-47(68-30-38-10-13-40(14-11-38)62-73-74-63(95-62)41-15-17-44(18-16-41)75-24-21-66(94-4,22-25-75)42-8-6-5-7-9-42)58(87)70-53(37(2)80)64(91)76-33-46(82)29-48(76)59(88)71-54(51(85)26-39-12-19-49(83)52(27-39)93-3)60(89)72-55(65(77)92)50(84)20-23-67-43(34-78)35-79;;/h12,15-19,27,36-38,40,42-43,45-48,50-51,53-57,67-68,78-86H,5-11,13-14,20-26,28-35H2,1-4H3,(H,69,90)(H,70,87)(H,71,88)(H,72,89);2*1H/t36-,37+,38?,40?,45+,46+,47-,48-,50+,51+,53-,54-,55-,56-,57-;;/m0../s1. The Morgan fingerprint density at radius 1 is 0.742 bits per heavy atom. The number of aliphatic hydroxyl groups excluding tert-OH is 8. The van der Waals surface area contributed by atoms with Crippen LogP contribution in [0.4, 0.5) is 5.69 Å². The highest BCUT2D eigenvalue weighted by Crippen LogP contribution is 2.43. The first-order valence-electron chi connectivity index (χ1n) is 33.7. The summed E-state index contributed by atoms with van der Waals surface area (Å²) in [5.41, 5.74) is 2.40. The fourth-order valence-electron chi connectivity index (χ4n) is 14.8. The van der Waals surface area contributed by atoms with E-state index in [1.165, 1.54) is 70.0 Å². The Hall–Kier alpha value is -5.64. The van der Waals surface area contributed by atoms with Gasteiger partial charge in [-0.15, -0.1) is 35.0 Å². The largest absolute Gasteiger partial charge is 0.504 e. The number of hydrogen-bond donors (Lipinski definition) is 15. The Bertz CT molecular complexity index is 3060. The van der Waals surface area contributed by atoms with Crippen LogP contribution in [-0.2, 0) is 39.9 Å². The van der Waals surface area contributed by atoms with Crippen molar-refractivity contribution in [1.82, 2.24) is 51.9 Å². The van der Waals surface area contributed by atoms with E-state index in [2.05, 4.69) is 71.3 Å². The molecule has 9 rings (SSSR count). The Kier molecular flexibility index (Phi) is 29.3. The fourth-order valence-corrected chi connectivity index (χ4v) is 15.8. The molecule has 6 fully saturated rings. The molecule has 0 radical (unpaired) electrons. The van der Waals surface area contributed by atoms with Crippen molar-refractivity contribution < 1.29 is 84.2 Å². The minimum absolute atomic E-state index is 0. The third-order valence-electron chi connectivity index (χ3n) is 20.6. The van der Waals surface area contributed by atoms with Gasteiger partial charge in [0.1, 0.15) is 40.2 Å². The van der Waals surface area contributed by atoms with E-state index in [1.807, 2.05) is 7.11 Å². The number of methoxy groups -OCH3 is 2. The maximum atomic E-state index is 15.0. The van der Waals surface area contributed by atoms with Crippen molar-refractivity contribution >= 4 is 77.3 Å². The maximum absolute atomic E-state index is 15.0. The lowest BCUT2D eigenvalue weighted by molar-refractivity contribution is -0.147. The summed E-state index contributed by atoms with van der Waals surface area (Å²) in [5, 5.41) is 126. The Morgan fingerprint density at radius 3 is 2.05 bits per heavy atom. The number of aliphatic hydroxyl groups is 8. The second kappa shape index (κ2) is 36.1. The van der Waals surface area contributed by atoms with Gasteiger partial charge in [0.05, 0.1) is 74.6 Å². The SMILES string of the molecule is COc1cc(C[C@@H](O)[C@@H]2NC(=O)[C@@H]3C[C@@H](O)CN3C(=O)[C@H]([C@@H](C)O)NC(=O)[C@@H](NCC3CCC(c4nnc(-c5ccc(N6CCC(OC)(C7CCCCC7)CC6)cc5)s4)CC3)C[C@@H](O)CNC(=O)[C@@H]3[C@@H](O)[C@@H](C)CN3C(=O)[C@H]([C@H](O)CCNC(CO)CO)NC2=O)ccc1O.Cl.Cl.